The molecule has 0 aliphatic carbocycles. The highest BCUT2D eigenvalue weighted by Crippen LogP contribution is 2.29. The zero-order valence-electron chi connectivity index (χ0n) is 17.1. The smallest absolute Gasteiger partial charge is 0.220 e. The molecule has 0 spiro atoms. The summed E-state index contributed by atoms with van der Waals surface area (Å²) in [6, 6.07) is 6.45. The zero-order valence-corrected chi connectivity index (χ0v) is 17.1. The molecule has 0 unspecified atom stereocenters. The predicted octanol–water partition coefficient (Wildman–Crippen LogP) is 2.37. The van der Waals surface area contributed by atoms with Crippen LogP contribution in [-0.2, 0) is 18.3 Å². The number of aromatic nitrogens is 2. The Balaban J connectivity index is 1.72. The Labute approximate surface area is 166 Å². The van der Waals surface area contributed by atoms with Crippen LogP contribution in [0.4, 0.5) is 0 Å². The largest absolute Gasteiger partial charge is 0.493 e. The van der Waals surface area contributed by atoms with Crippen LogP contribution in [0.15, 0.2) is 30.6 Å². The molecule has 1 fully saturated rings. The summed E-state index contributed by atoms with van der Waals surface area (Å²) in [6.07, 6.45) is 7.02. The van der Waals surface area contributed by atoms with E-state index in [0.29, 0.717) is 6.42 Å². The van der Waals surface area contributed by atoms with Gasteiger partial charge in [0.25, 0.3) is 0 Å². The fraction of sp³-hybridized carbons (Fsp3) is 0.524. The highest BCUT2D eigenvalue weighted by molar-refractivity contribution is 5.77. The SMILES string of the molecule is CC[C@@H](Cc1ccc(OC)c(OC)c1)N[C@@H]1CCC(=O)N[C@H]1c1cnn(C)c1. The van der Waals surface area contributed by atoms with Gasteiger partial charge in [-0.15, -0.1) is 0 Å². The van der Waals surface area contributed by atoms with E-state index in [2.05, 4.69) is 28.7 Å². The Morgan fingerprint density at radius 1 is 1.32 bits per heavy atom. The molecule has 1 aliphatic heterocycles. The van der Waals surface area contributed by atoms with E-state index in [1.807, 2.05) is 31.6 Å². The molecule has 0 radical (unpaired) electrons. The van der Waals surface area contributed by atoms with Gasteiger partial charge in [-0.2, -0.15) is 5.10 Å². The molecule has 1 aromatic heterocycles. The number of hydrogen-bond acceptors (Lipinski definition) is 5. The van der Waals surface area contributed by atoms with Crippen LogP contribution in [0, 0.1) is 0 Å². The first-order chi connectivity index (χ1) is 13.5. The zero-order chi connectivity index (χ0) is 20.1. The minimum atomic E-state index is -0.0607. The van der Waals surface area contributed by atoms with Crippen LogP contribution < -0.4 is 20.1 Å². The molecule has 2 heterocycles. The lowest BCUT2D eigenvalue weighted by atomic mass is 9.92. The van der Waals surface area contributed by atoms with Crippen LogP contribution in [0.2, 0.25) is 0 Å². The lowest BCUT2D eigenvalue weighted by Gasteiger charge is -2.35. The number of piperidine rings is 1. The molecule has 1 saturated heterocycles. The third-order valence-electron chi connectivity index (χ3n) is 5.36. The minimum Gasteiger partial charge on any atom is -0.493 e. The normalized spacial score (nSPS) is 20.5. The van der Waals surface area contributed by atoms with E-state index in [9.17, 15) is 4.79 Å². The summed E-state index contributed by atoms with van der Waals surface area (Å²) in [4.78, 5) is 12.0. The molecule has 0 bridgehead atoms. The van der Waals surface area contributed by atoms with Crippen LogP contribution in [0.3, 0.4) is 0 Å². The number of nitrogens with zero attached hydrogens (tertiary/aromatic N) is 2. The Hall–Kier alpha value is -2.54. The Morgan fingerprint density at radius 2 is 2.11 bits per heavy atom. The third-order valence-corrected chi connectivity index (χ3v) is 5.36. The van der Waals surface area contributed by atoms with E-state index in [4.69, 9.17) is 9.47 Å². The van der Waals surface area contributed by atoms with Gasteiger partial charge >= 0.3 is 0 Å². The van der Waals surface area contributed by atoms with Gasteiger partial charge in [0.15, 0.2) is 11.5 Å². The molecule has 2 N–H and O–H groups in total. The number of aryl methyl sites for hydroxylation is 1. The summed E-state index contributed by atoms with van der Waals surface area (Å²) in [5.41, 5.74) is 2.23. The van der Waals surface area contributed by atoms with Gasteiger partial charge in [0.2, 0.25) is 5.91 Å². The Morgan fingerprint density at radius 3 is 2.75 bits per heavy atom. The average Bonchev–Trinajstić information content (AvgIpc) is 3.14. The van der Waals surface area contributed by atoms with E-state index in [1.165, 1.54) is 5.56 Å². The molecule has 1 aliphatic rings. The quantitative estimate of drug-likeness (QED) is 0.728. The summed E-state index contributed by atoms with van der Waals surface area (Å²) in [7, 11) is 5.19. The van der Waals surface area contributed by atoms with E-state index < -0.39 is 0 Å². The maximum absolute atomic E-state index is 12.0. The molecular formula is C21H30N4O3. The lowest BCUT2D eigenvalue weighted by Crippen LogP contribution is -2.51. The van der Waals surface area contributed by atoms with Crippen LogP contribution in [0.25, 0.3) is 0 Å². The topological polar surface area (TPSA) is 77.4 Å². The fourth-order valence-corrected chi connectivity index (χ4v) is 3.81. The van der Waals surface area contributed by atoms with Crippen molar-refractivity contribution < 1.29 is 14.3 Å². The maximum atomic E-state index is 12.0. The monoisotopic (exact) mass is 386 g/mol. The first kappa shape index (κ1) is 20.2. The number of nitrogens with one attached hydrogen (secondary N) is 2. The van der Waals surface area contributed by atoms with Crippen molar-refractivity contribution in [3.8, 4) is 11.5 Å². The predicted molar refractivity (Wildman–Crippen MR) is 108 cm³/mol. The average molecular weight is 386 g/mol. The van der Waals surface area contributed by atoms with Crippen molar-refractivity contribution in [1.29, 1.82) is 0 Å². The number of benzene rings is 1. The molecule has 1 aromatic carbocycles. The molecule has 28 heavy (non-hydrogen) atoms. The van der Waals surface area contributed by atoms with Gasteiger partial charge in [-0.05, 0) is 37.0 Å². The number of ether oxygens (including phenoxy) is 2. The number of amides is 1. The van der Waals surface area contributed by atoms with Crippen LogP contribution in [0.1, 0.15) is 43.4 Å². The van der Waals surface area contributed by atoms with Crippen LogP contribution in [0.5, 0.6) is 11.5 Å². The van der Waals surface area contributed by atoms with Crippen molar-refractivity contribution >= 4 is 5.91 Å². The summed E-state index contributed by atoms with van der Waals surface area (Å²) in [5.74, 6) is 1.58. The van der Waals surface area contributed by atoms with E-state index >= 15 is 0 Å². The van der Waals surface area contributed by atoms with Crippen molar-refractivity contribution in [3.05, 3.63) is 41.7 Å². The van der Waals surface area contributed by atoms with E-state index in [1.54, 1.807) is 18.9 Å². The molecule has 152 valence electrons. The van der Waals surface area contributed by atoms with Gasteiger partial charge in [0.05, 0.1) is 26.5 Å². The van der Waals surface area contributed by atoms with Crippen molar-refractivity contribution in [2.24, 2.45) is 7.05 Å². The van der Waals surface area contributed by atoms with Crippen LogP contribution >= 0.6 is 0 Å². The van der Waals surface area contributed by atoms with Gasteiger partial charge in [0.1, 0.15) is 0 Å². The fourth-order valence-electron chi connectivity index (χ4n) is 3.81. The molecule has 3 rings (SSSR count). The van der Waals surface area contributed by atoms with Crippen molar-refractivity contribution in [2.75, 3.05) is 14.2 Å². The Bertz CT molecular complexity index is 805. The summed E-state index contributed by atoms with van der Waals surface area (Å²) in [5, 5.41) is 11.2. The second kappa shape index (κ2) is 9.10. The second-order valence-electron chi connectivity index (χ2n) is 7.30. The summed E-state index contributed by atoms with van der Waals surface area (Å²) in [6.45, 7) is 2.18. The highest BCUT2D eigenvalue weighted by Gasteiger charge is 2.31. The second-order valence-corrected chi connectivity index (χ2v) is 7.30. The van der Waals surface area contributed by atoms with Crippen molar-refractivity contribution in [1.82, 2.24) is 20.4 Å². The molecule has 1 amide bonds. The van der Waals surface area contributed by atoms with Gasteiger partial charge in [0, 0.05) is 37.3 Å². The maximum Gasteiger partial charge on any atom is 0.220 e. The van der Waals surface area contributed by atoms with Crippen LogP contribution in [-0.4, -0.2) is 42.0 Å². The number of methoxy groups -OCH3 is 2. The summed E-state index contributed by atoms with van der Waals surface area (Å²) < 4.78 is 12.5. The van der Waals surface area contributed by atoms with Gasteiger partial charge in [-0.25, -0.2) is 0 Å². The first-order valence-electron chi connectivity index (χ1n) is 9.78. The highest BCUT2D eigenvalue weighted by atomic mass is 16.5. The van der Waals surface area contributed by atoms with Crippen molar-refractivity contribution in [2.45, 2.75) is 50.7 Å². The van der Waals surface area contributed by atoms with E-state index in [-0.39, 0.29) is 24.0 Å². The number of hydrogen-bond donors (Lipinski definition) is 2. The third kappa shape index (κ3) is 4.65. The Kier molecular flexibility index (Phi) is 6.57. The first-order valence-corrected chi connectivity index (χ1v) is 9.78. The van der Waals surface area contributed by atoms with Gasteiger partial charge in [-0.1, -0.05) is 13.0 Å². The molecule has 0 saturated carbocycles. The number of rotatable bonds is 8. The molecular weight excluding hydrogens is 356 g/mol. The lowest BCUT2D eigenvalue weighted by molar-refractivity contribution is -0.124. The van der Waals surface area contributed by atoms with Gasteiger partial charge < -0.3 is 20.1 Å². The van der Waals surface area contributed by atoms with Crippen molar-refractivity contribution in [3.63, 3.8) is 0 Å². The summed E-state index contributed by atoms with van der Waals surface area (Å²) >= 11 is 0. The van der Waals surface area contributed by atoms with E-state index in [0.717, 1.165) is 36.3 Å². The van der Waals surface area contributed by atoms with Gasteiger partial charge in [-0.3, -0.25) is 9.48 Å². The minimum absolute atomic E-state index is 0.0607. The molecule has 7 heteroatoms. The standard InChI is InChI=1S/C21H30N4O3/c1-5-16(10-14-6-8-18(27-3)19(11-14)28-4)23-17-7-9-20(26)24-21(17)15-12-22-25(2)13-15/h6,8,11-13,16-17,21,23H,5,7,9-10H2,1-4H3,(H,24,26)/t16-,17+,21-/m0/s1. The molecule has 2 aromatic rings. The number of carbonyl (C=O) groups is 1. The molecule has 7 nitrogen and oxygen atoms in total. The number of carbonyl (C=O) groups excluding carboxylic acids is 1. The molecule has 3 atom stereocenters.